The number of hydrogen-bond acceptors (Lipinski definition) is 3. The van der Waals surface area contributed by atoms with Crippen LogP contribution in [0.15, 0.2) is 66.7 Å². The largest absolute Gasteiger partial charge is 0.480 e. The highest BCUT2D eigenvalue weighted by Gasteiger charge is 2.20. The fourth-order valence-corrected chi connectivity index (χ4v) is 4.35. The second kappa shape index (κ2) is 9.42. The van der Waals surface area contributed by atoms with Crippen LogP contribution >= 0.6 is 0 Å². The SMILES string of the molecule is C[C@@H]1CCCN(c2ccc([C@H](C)NC(=O)[C@H](C)Oc3cccc4ccccc34)cc2)C1. The maximum Gasteiger partial charge on any atom is 0.261 e. The Hall–Kier alpha value is -3.01. The first-order chi connectivity index (χ1) is 15.0. The molecule has 1 aliphatic heterocycles. The van der Waals surface area contributed by atoms with Gasteiger partial charge in [-0.05, 0) is 61.8 Å². The topological polar surface area (TPSA) is 41.6 Å². The average molecular weight is 417 g/mol. The molecule has 0 spiro atoms. The minimum Gasteiger partial charge on any atom is -0.480 e. The molecule has 4 rings (SSSR count). The number of amides is 1. The van der Waals surface area contributed by atoms with Gasteiger partial charge in [0, 0.05) is 24.2 Å². The number of carbonyl (C=O) groups is 1. The Morgan fingerprint density at radius 1 is 1.03 bits per heavy atom. The summed E-state index contributed by atoms with van der Waals surface area (Å²) in [5.74, 6) is 1.36. The van der Waals surface area contributed by atoms with Crippen molar-refractivity contribution in [2.24, 2.45) is 5.92 Å². The molecule has 0 saturated carbocycles. The van der Waals surface area contributed by atoms with Crippen LogP contribution in [0.5, 0.6) is 5.75 Å². The Morgan fingerprint density at radius 2 is 1.77 bits per heavy atom. The fourth-order valence-electron chi connectivity index (χ4n) is 4.35. The predicted octanol–water partition coefficient (Wildman–Crippen LogP) is 5.72. The summed E-state index contributed by atoms with van der Waals surface area (Å²) in [5, 5.41) is 5.21. The second-order valence-electron chi connectivity index (χ2n) is 8.75. The number of ether oxygens (including phenoxy) is 1. The smallest absolute Gasteiger partial charge is 0.261 e. The molecular weight excluding hydrogens is 384 g/mol. The van der Waals surface area contributed by atoms with Crippen molar-refractivity contribution in [3.8, 4) is 5.75 Å². The predicted molar refractivity (Wildman–Crippen MR) is 128 cm³/mol. The number of anilines is 1. The molecule has 162 valence electrons. The molecular formula is C27H32N2O2. The molecule has 3 aromatic rings. The lowest BCUT2D eigenvalue weighted by Crippen LogP contribution is -2.37. The highest BCUT2D eigenvalue weighted by atomic mass is 16.5. The Bertz CT molecular complexity index is 1030. The van der Waals surface area contributed by atoms with Crippen LogP contribution in [0.25, 0.3) is 10.8 Å². The Labute approximate surface area is 185 Å². The van der Waals surface area contributed by atoms with E-state index in [4.69, 9.17) is 4.74 Å². The third-order valence-electron chi connectivity index (χ3n) is 6.20. The number of fused-ring (bicyclic) bond motifs is 1. The maximum absolute atomic E-state index is 12.8. The van der Waals surface area contributed by atoms with Crippen molar-refractivity contribution in [3.63, 3.8) is 0 Å². The fraction of sp³-hybridized carbons (Fsp3) is 0.370. The van der Waals surface area contributed by atoms with E-state index in [-0.39, 0.29) is 11.9 Å². The van der Waals surface area contributed by atoms with E-state index in [9.17, 15) is 4.79 Å². The molecule has 1 fully saturated rings. The van der Waals surface area contributed by atoms with E-state index >= 15 is 0 Å². The lowest BCUT2D eigenvalue weighted by atomic mass is 9.99. The molecule has 1 N–H and O–H groups in total. The van der Waals surface area contributed by atoms with Crippen molar-refractivity contribution in [1.29, 1.82) is 0 Å². The molecule has 0 unspecified atom stereocenters. The van der Waals surface area contributed by atoms with Crippen LogP contribution in [0, 0.1) is 5.92 Å². The standard InChI is InChI=1S/C27H32N2O2/c1-19-8-7-17-29(18-19)24-15-13-22(14-16-24)20(2)28-27(30)21(3)31-26-12-6-10-23-9-4-5-11-25(23)26/h4-6,9-16,19-21H,7-8,17-18H2,1-3H3,(H,28,30)/t19-,20+,21+/m1/s1. The van der Waals surface area contributed by atoms with Crippen LogP contribution in [0.4, 0.5) is 5.69 Å². The maximum atomic E-state index is 12.8. The van der Waals surface area contributed by atoms with E-state index in [2.05, 4.69) is 41.4 Å². The molecule has 31 heavy (non-hydrogen) atoms. The van der Waals surface area contributed by atoms with Crippen molar-refractivity contribution in [2.45, 2.75) is 45.8 Å². The van der Waals surface area contributed by atoms with Crippen LogP contribution in [-0.4, -0.2) is 25.1 Å². The summed E-state index contributed by atoms with van der Waals surface area (Å²) in [6.07, 6.45) is 1.99. The molecule has 4 heteroatoms. The molecule has 1 amide bonds. The summed E-state index contributed by atoms with van der Waals surface area (Å²) in [7, 11) is 0. The van der Waals surface area contributed by atoms with Gasteiger partial charge in [-0.3, -0.25) is 4.79 Å². The van der Waals surface area contributed by atoms with Crippen molar-refractivity contribution < 1.29 is 9.53 Å². The van der Waals surface area contributed by atoms with Gasteiger partial charge < -0.3 is 15.0 Å². The van der Waals surface area contributed by atoms with Crippen LogP contribution < -0.4 is 15.0 Å². The van der Waals surface area contributed by atoms with Crippen molar-refractivity contribution in [1.82, 2.24) is 5.32 Å². The van der Waals surface area contributed by atoms with Gasteiger partial charge >= 0.3 is 0 Å². The summed E-state index contributed by atoms with van der Waals surface area (Å²) in [4.78, 5) is 15.2. The third-order valence-corrected chi connectivity index (χ3v) is 6.20. The molecule has 1 heterocycles. The molecule has 0 bridgehead atoms. The molecule has 3 aromatic carbocycles. The lowest BCUT2D eigenvalue weighted by molar-refractivity contribution is -0.127. The number of nitrogens with zero attached hydrogens (tertiary/aromatic N) is 1. The molecule has 1 aliphatic rings. The van der Waals surface area contributed by atoms with Crippen LogP contribution in [0.3, 0.4) is 0 Å². The zero-order valence-corrected chi connectivity index (χ0v) is 18.7. The Morgan fingerprint density at radius 3 is 2.55 bits per heavy atom. The third kappa shape index (κ3) is 5.01. The van der Waals surface area contributed by atoms with E-state index in [1.165, 1.54) is 18.5 Å². The second-order valence-corrected chi connectivity index (χ2v) is 8.75. The van der Waals surface area contributed by atoms with E-state index in [0.29, 0.717) is 0 Å². The zero-order valence-electron chi connectivity index (χ0n) is 18.7. The van der Waals surface area contributed by atoms with Crippen LogP contribution in [0.2, 0.25) is 0 Å². The van der Waals surface area contributed by atoms with Gasteiger partial charge in [-0.2, -0.15) is 0 Å². The van der Waals surface area contributed by atoms with Gasteiger partial charge in [-0.1, -0.05) is 55.5 Å². The summed E-state index contributed by atoms with van der Waals surface area (Å²) in [6, 6.07) is 22.5. The van der Waals surface area contributed by atoms with Gasteiger partial charge in [-0.15, -0.1) is 0 Å². The van der Waals surface area contributed by atoms with Crippen molar-refractivity contribution >= 4 is 22.4 Å². The Kier molecular flexibility index (Phi) is 6.45. The minimum absolute atomic E-state index is 0.0830. The highest BCUT2D eigenvalue weighted by Crippen LogP contribution is 2.27. The number of nitrogens with one attached hydrogen (secondary N) is 1. The van der Waals surface area contributed by atoms with Gasteiger partial charge in [-0.25, -0.2) is 0 Å². The summed E-state index contributed by atoms with van der Waals surface area (Å²) in [6.45, 7) is 8.37. The minimum atomic E-state index is -0.581. The molecule has 1 saturated heterocycles. The number of carbonyl (C=O) groups excluding carboxylic acids is 1. The van der Waals surface area contributed by atoms with Crippen molar-refractivity contribution in [3.05, 3.63) is 72.3 Å². The summed E-state index contributed by atoms with van der Waals surface area (Å²) in [5.41, 5.74) is 2.36. The van der Waals surface area contributed by atoms with E-state index in [0.717, 1.165) is 41.1 Å². The zero-order chi connectivity index (χ0) is 21.8. The van der Waals surface area contributed by atoms with Gasteiger partial charge in [0.2, 0.25) is 0 Å². The van der Waals surface area contributed by atoms with E-state index < -0.39 is 6.10 Å². The van der Waals surface area contributed by atoms with Crippen LogP contribution in [0.1, 0.15) is 45.2 Å². The molecule has 0 aliphatic carbocycles. The lowest BCUT2D eigenvalue weighted by Gasteiger charge is -2.33. The van der Waals surface area contributed by atoms with E-state index in [1.54, 1.807) is 6.92 Å². The van der Waals surface area contributed by atoms with E-state index in [1.807, 2.05) is 49.4 Å². The van der Waals surface area contributed by atoms with Gasteiger partial charge in [0.25, 0.3) is 5.91 Å². The molecule has 0 radical (unpaired) electrons. The normalized spacial score (nSPS) is 18.4. The highest BCUT2D eigenvalue weighted by molar-refractivity contribution is 5.89. The quantitative estimate of drug-likeness (QED) is 0.559. The summed E-state index contributed by atoms with van der Waals surface area (Å²) >= 11 is 0. The van der Waals surface area contributed by atoms with Gasteiger partial charge in [0.05, 0.1) is 6.04 Å². The van der Waals surface area contributed by atoms with Crippen LogP contribution in [-0.2, 0) is 4.79 Å². The van der Waals surface area contributed by atoms with Gasteiger partial charge in [0.15, 0.2) is 6.10 Å². The number of rotatable bonds is 6. The first-order valence-corrected chi connectivity index (χ1v) is 11.3. The van der Waals surface area contributed by atoms with Crippen molar-refractivity contribution in [2.75, 3.05) is 18.0 Å². The summed E-state index contributed by atoms with van der Waals surface area (Å²) < 4.78 is 6.02. The average Bonchev–Trinajstić information content (AvgIpc) is 2.79. The Balaban J connectivity index is 1.37. The van der Waals surface area contributed by atoms with Gasteiger partial charge in [0.1, 0.15) is 5.75 Å². The number of piperidine rings is 1. The molecule has 4 nitrogen and oxygen atoms in total. The molecule has 0 aromatic heterocycles. The number of benzene rings is 3. The first kappa shape index (κ1) is 21.2. The molecule has 3 atom stereocenters. The first-order valence-electron chi connectivity index (χ1n) is 11.3. The monoisotopic (exact) mass is 416 g/mol. The number of hydrogen-bond donors (Lipinski definition) is 1.